The number of piperidine rings is 1. The molecule has 1 aliphatic rings. The number of benzene rings is 1. The van der Waals surface area contributed by atoms with E-state index in [4.69, 9.17) is 4.74 Å². The van der Waals surface area contributed by atoms with Crippen LogP contribution in [0.15, 0.2) is 29.2 Å². The van der Waals surface area contributed by atoms with Gasteiger partial charge in [-0.05, 0) is 50.2 Å². The van der Waals surface area contributed by atoms with Crippen LogP contribution in [0, 0.1) is 0 Å². The van der Waals surface area contributed by atoms with Crippen LogP contribution in [-0.2, 0) is 4.79 Å². The highest BCUT2D eigenvalue weighted by Crippen LogP contribution is 2.21. The summed E-state index contributed by atoms with van der Waals surface area (Å²) >= 11 is 1.55. The number of halogens is 1. The predicted molar refractivity (Wildman–Crippen MR) is 85.0 cm³/mol. The highest BCUT2D eigenvalue weighted by atomic mass is 35.5. The highest BCUT2D eigenvalue weighted by molar-refractivity contribution is 8.00. The van der Waals surface area contributed by atoms with E-state index in [2.05, 4.69) is 10.6 Å². The van der Waals surface area contributed by atoms with Crippen molar-refractivity contribution in [2.24, 2.45) is 0 Å². The highest BCUT2D eigenvalue weighted by Gasteiger charge is 2.15. The third-order valence-corrected chi connectivity index (χ3v) is 4.15. The molecule has 1 fully saturated rings. The Morgan fingerprint density at radius 3 is 2.60 bits per heavy atom. The number of ether oxygens (including phenoxy) is 1. The van der Waals surface area contributed by atoms with Gasteiger partial charge in [0.2, 0.25) is 5.91 Å². The second-order valence-electron chi connectivity index (χ2n) is 4.56. The topological polar surface area (TPSA) is 50.4 Å². The third kappa shape index (κ3) is 5.61. The first kappa shape index (κ1) is 17.1. The zero-order chi connectivity index (χ0) is 13.5. The van der Waals surface area contributed by atoms with E-state index < -0.39 is 0 Å². The molecule has 112 valence electrons. The molecule has 1 saturated heterocycles. The largest absolute Gasteiger partial charge is 0.497 e. The molecule has 0 aliphatic carbocycles. The van der Waals surface area contributed by atoms with Crippen LogP contribution < -0.4 is 15.4 Å². The first-order chi connectivity index (χ1) is 9.28. The Hall–Kier alpha value is -0.910. The number of nitrogens with one attached hydrogen (secondary N) is 2. The molecular formula is C14H21ClN2O2S. The van der Waals surface area contributed by atoms with Gasteiger partial charge in [-0.25, -0.2) is 0 Å². The molecule has 2 N–H and O–H groups in total. The molecule has 0 radical (unpaired) electrons. The molecule has 0 aromatic heterocycles. The van der Waals surface area contributed by atoms with Gasteiger partial charge in [0.05, 0.1) is 12.9 Å². The molecule has 4 nitrogen and oxygen atoms in total. The predicted octanol–water partition coefficient (Wildman–Crippen LogP) is 2.08. The Balaban J connectivity index is 0.00000200. The molecule has 1 aromatic carbocycles. The lowest BCUT2D eigenvalue weighted by molar-refractivity contribution is -0.119. The van der Waals surface area contributed by atoms with E-state index in [1.54, 1.807) is 18.9 Å². The van der Waals surface area contributed by atoms with Gasteiger partial charge in [0, 0.05) is 10.9 Å². The van der Waals surface area contributed by atoms with Gasteiger partial charge in [0.25, 0.3) is 0 Å². The van der Waals surface area contributed by atoms with E-state index in [9.17, 15) is 4.79 Å². The lowest BCUT2D eigenvalue weighted by Crippen LogP contribution is -2.43. The van der Waals surface area contributed by atoms with Gasteiger partial charge in [-0.1, -0.05) is 0 Å². The molecule has 0 spiro atoms. The summed E-state index contributed by atoms with van der Waals surface area (Å²) in [4.78, 5) is 12.9. The summed E-state index contributed by atoms with van der Waals surface area (Å²) in [6.45, 7) is 1.99. The Bertz CT molecular complexity index is 408. The molecule has 1 heterocycles. The molecule has 1 amide bonds. The van der Waals surface area contributed by atoms with E-state index in [1.807, 2.05) is 24.3 Å². The standard InChI is InChI=1S/C14H20N2O2S.ClH/c1-18-12-2-4-13(5-3-12)19-10-14(17)16-11-6-8-15-9-7-11;/h2-5,11,15H,6-10H2,1H3,(H,16,17);1H. The summed E-state index contributed by atoms with van der Waals surface area (Å²) in [5, 5.41) is 6.38. The summed E-state index contributed by atoms with van der Waals surface area (Å²) in [6, 6.07) is 8.10. The van der Waals surface area contributed by atoms with Gasteiger partial charge >= 0.3 is 0 Å². The van der Waals surface area contributed by atoms with Crippen LogP contribution in [0.5, 0.6) is 5.75 Å². The number of hydrogen-bond donors (Lipinski definition) is 2. The van der Waals surface area contributed by atoms with Crippen molar-refractivity contribution in [1.29, 1.82) is 0 Å². The smallest absolute Gasteiger partial charge is 0.230 e. The number of carbonyl (C=O) groups is 1. The monoisotopic (exact) mass is 316 g/mol. The molecule has 20 heavy (non-hydrogen) atoms. The molecule has 0 unspecified atom stereocenters. The third-order valence-electron chi connectivity index (χ3n) is 3.13. The van der Waals surface area contributed by atoms with Gasteiger partial charge in [-0.15, -0.1) is 24.2 Å². The van der Waals surface area contributed by atoms with Gasteiger partial charge in [-0.2, -0.15) is 0 Å². The van der Waals surface area contributed by atoms with Crippen molar-refractivity contribution in [3.05, 3.63) is 24.3 Å². The fraction of sp³-hybridized carbons (Fsp3) is 0.500. The number of rotatable bonds is 5. The van der Waals surface area contributed by atoms with Crippen molar-refractivity contribution in [2.45, 2.75) is 23.8 Å². The van der Waals surface area contributed by atoms with Gasteiger partial charge in [0.1, 0.15) is 5.75 Å². The van der Waals surface area contributed by atoms with Gasteiger partial charge in [0.15, 0.2) is 0 Å². The second-order valence-corrected chi connectivity index (χ2v) is 5.60. The maximum atomic E-state index is 11.8. The van der Waals surface area contributed by atoms with Crippen LogP contribution >= 0.6 is 24.2 Å². The average molecular weight is 317 g/mol. The van der Waals surface area contributed by atoms with Crippen molar-refractivity contribution in [3.8, 4) is 5.75 Å². The number of carbonyl (C=O) groups excluding carboxylic acids is 1. The van der Waals surface area contributed by atoms with Crippen molar-refractivity contribution >= 4 is 30.1 Å². The number of methoxy groups -OCH3 is 1. The molecule has 6 heteroatoms. The fourth-order valence-electron chi connectivity index (χ4n) is 2.06. The Morgan fingerprint density at radius 2 is 2.00 bits per heavy atom. The van der Waals surface area contributed by atoms with Crippen LogP contribution in [0.2, 0.25) is 0 Å². The van der Waals surface area contributed by atoms with Gasteiger partial charge in [-0.3, -0.25) is 4.79 Å². The summed E-state index contributed by atoms with van der Waals surface area (Å²) in [5.41, 5.74) is 0. The van der Waals surface area contributed by atoms with Crippen LogP contribution in [0.1, 0.15) is 12.8 Å². The lowest BCUT2D eigenvalue weighted by atomic mass is 10.1. The first-order valence-corrected chi connectivity index (χ1v) is 7.53. The maximum absolute atomic E-state index is 11.8. The summed E-state index contributed by atoms with van der Waals surface area (Å²) in [7, 11) is 1.65. The van der Waals surface area contributed by atoms with E-state index in [1.165, 1.54) is 0 Å². The minimum absolute atomic E-state index is 0. The fourth-order valence-corrected chi connectivity index (χ4v) is 2.77. The minimum Gasteiger partial charge on any atom is -0.497 e. The van der Waals surface area contributed by atoms with Crippen LogP contribution in [0.25, 0.3) is 0 Å². The summed E-state index contributed by atoms with van der Waals surface area (Å²) < 4.78 is 5.10. The molecular weight excluding hydrogens is 296 g/mol. The Labute approximate surface area is 130 Å². The zero-order valence-corrected chi connectivity index (χ0v) is 13.2. The van der Waals surface area contributed by atoms with E-state index in [-0.39, 0.29) is 18.3 Å². The van der Waals surface area contributed by atoms with Crippen molar-refractivity contribution < 1.29 is 9.53 Å². The summed E-state index contributed by atoms with van der Waals surface area (Å²) in [6.07, 6.45) is 2.05. The van der Waals surface area contributed by atoms with Crippen LogP contribution in [0.4, 0.5) is 0 Å². The average Bonchev–Trinajstić information content (AvgIpc) is 2.47. The molecule has 0 saturated carbocycles. The first-order valence-electron chi connectivity index (χ1n) is 6.55. The minimum atomic E-state index is 0. The molecule has 0 atom stereocenters. The molecule has 1 aromatic rings. The van der Waals surface area contributed by atoms with Crippen molar-refractivity contribution in [1.82, 2.24) is 10.6 Å². The molecule has 2 rings (SSSR count). The van der Waals surface area contributed by atoms with Crippen molar-refractivity contribution in [3.63, 3.8) is 0 Å². The van der Waals surface area contributed by atoms with Crippen LogP contribution in [0.3, 0.4) is 0 Å². The normalized spacial score (nSPS) is 15.2. The van der Waals surface area contributed by atoms with E-state index in [0.717, 1.165) is 36.6 Å². The number of amides is 1. The van der Waals surface area contributed by atoms with Crippen molar-refractivity contribution in [2.75, 3.05) is 26.0 Å². The SMILES string of the molecule is COc1ccc(SCC(=O)NC2CCNCC2)cc1.Cl. The number of thioether (sulfide) groups is 1. The zero-order valence-electron chi connectivity index (χ0n) is 11.6. The lowest BCUT2D eigenvalue weighted by Gasteiger charge is -2.23. The van der Waals surface area contributed by atoms with Crippen LogP contribution in [-0.4, -0.2) is 37.9 Å². The second kappa shape index (κ2) is 9.10. The quantitative estimate of drug-likeness (QED) is 0.817. The van der Waals surface area contributed by atoms with E-state index >= 15 is 0 Å². The molecule has 0 bridgehead atoms. The van der Waals surface area contributed by atoms with E-state index in [0.29, 0.717) is 11.8 Å². The number of hydrogen-bond acceptors (Lipinski definition) is 4. The maximum Gasteiger partial charge on any atom is 0.230 e. The Morgan fingerprint density at radius 1 is 1.35 bits per heavy atom. The summed E-state index contributed by atoms with van der Waals surface area (Å²) in [5.74, 6) is 1.42. The molecule has 1 aliphatic heterocycles. The van der Waals surface area contributed by atoms with Gasteiger partial charge < -0.3 is 15.4 Å². The Kier molecular flexibility index (Phi) is 7.80.